The van der Waals surface area contributed by atoms with Crippen LogP contribution in [-0.2, 0) is 13.1 Å². The second-order valence-electron chi connectivity index (χ2n) is 5.51. The molecule has 0 fully saturated rings. The average molecular weight is 283 g/mol. The second kappa shape index (κ2) is 8.69. The highest BCUT2D eigenvalue weighted by Crippen LogP contribution is 2.22. The molecule has 0 spiro atoms. The van der Waals surface area contributed by atoms with Gasteiger partial charge in [-0.3, -0.25) is 0 Å². The van der Waals surface area contributed by atoms with E-state index in [1.807, 2.05) is 11.3 Å². The molecule has 1 aromatic heterocycles. The molecule has 110 valence electrons. The molecule has 0 aromatic carbocycles. The van der Waals surface area contributed by atoms with Gasteiger partial charge in [0.15, 0.2) is 0 Å². The Bertz CT molecular complexity index is 360. The fourth-order valence-corrected chi connectivity index (χ4v) is 2.98. The van der Waals surface area contributed by atoms with E-state index in [0.717, 1.165) is 32.7 Å². The van der Waals surface area contributed by atoms with Crippen molar-refractivity contribution in [1.29, 1.82) is 0 Å². The fourth-order valence-electron chi connectivity index (χ4n) is 1.96. The average Bonchev–Trinajstić information content (AvgIpc) is 2.68. The van der Waals surface area contributed by atoms with Gasteiger partial charge in [-0.15, -0.1) is 11.3 Å². The van der Waals surface area contributed by atoms with Crippen LogP contribution in [0.5, 0.6) is 0 Å². The SMILES string of the molecule is CCCNCc1cc(CN(C)CCN(C)C)c(C)s1. The Hall–Kier alpha value is -0.420. The van der Waals surface area contributed by atoms with Gasteiger partial charge in [0, 0.05) is 35.9 Å². The first-order chi connectivity index (χ1) is 9.02. The Labute approximate surface area is 122 Å². The molecular weight excluding hydrogens is 254 g/mol. The molecule has 0 aliphatic heterocycles. The molecule has 3 nitrogen and oxygen atoms in total. The molecule has 0 saturated carbocycles. The minimum absolute atomic E-state index is 1.01. The van der Waals surface area contributed by atoms with Crippen molar-refractivity contribution in [1.82, 2.24) is 15.1 Å². The predicted molar refractivity (Wildman–Crippen MR) is 85.9 cm³/mol. The summed E-state index contributed by atoms with van der Waals surface area (Å²) in [7, 11) is 6.46. The van der Waals surface area contributed by atoms with E-state index < -0.39 is 0 Å². The van der Waals surface area contributed by atoms with E-state index in [4.69, 9.17) is 0 Å². The summed E-state index contributed by atoms with van der Waals surface area (Å²) in [5.41, 5.74) is 1.49. The fraction of sp³-hybridized carbons (Fsp3) is 0.733. The lowest BCUT2D eigenvalue weighted by atomic mass is 10.2. The smallest absolute Gasteiger partial charge is 0.0299 e. The lowest BCUT2D eigenvalue weighted by Crippen LogP contribution is -2.28. The molecule has 0 saturated heterocycles. The van der Waals surface area contributed by atoms with E-state index in [1.165, 1.54) is 21.7 Å². The van der Waals surface area contributed by atoms with Crippen molar-refractivity contribution in [2.24, 2.45) is 0 Å². The quantitative estimate of drug-likeness (QED) is 0.703. The summed E-state index contributed by atoms with van der Waals surface area (Å²) >= 11 is 1.93. The number of nitrogens with one attached hydrogen (secondary N) is 1. The van der Waals surface area contributed by atoms with Crippen molar-refractivity contribution in [2.75, 3.05) is 40.8 Å². The summed E-state index contributed by atoms with van der Waals surface area (Å²) in [4.78, 5) is 7.56. The third-order valence-electron chi connectivity index (χ3n) is 3.17. The van der Waals surface area contributed by atoms with E-state index in [9.17, 15) is 0 Å². The third kappa shape index (κ3) is 6.52. The summed E-state index contributed by atoms with van der Waals surface area (Å²) in [6.07, 6.45) is 1.20. The Morgan fingerprint density at radius 1 is 1.21 bits per heavy atom. The Kier molecular flexibility index (Phi) is 7.61. The molecule has 0 bridgehead atoms. The van der Waals surface area contributed by atoms with Gasteiger partial charge >= 0.3 is 0 Å². The maximum absolute atomic E-state index is 3.48. The molecule has 0 amide bonds. The van der Waals surface area contributed by atoms with Gasteiger partial charge in [0.2, 0.25) is 0 Å². The largest absolute Gasteiger partial charge is 0.312 e. The first-order valence-electron chi connectivity index (χ1n) is 7.15. The van der Waals surface area contributed by atoms with Gasteiger partial charge in [0.05, 0.1) is 0 Å². The van der Waals surface area contributed by atoms with Crippen LogP contribution in [0.2, 0.25) is 0 Å². The summed E-state index contributed by atoms with van der Waals surface area (Å²) < 4.78 is 0. The minimum Gasteiger partial charge on any atom is -0.312 e. The highest BCUT2D eigenvalue weighted by Gasteiger charge is 2.08. The Morgan fingerprint density at radius 3 is 2.58 bits per heavy atom. The van der Waals surface area contributed by atoms with Gasteiger partial charge in [0.25, 0.3) is 0 Å². The van der Waals surface area contributed by atoms with Crippen LogP contribution >= 0.6 is 11.3 Å². The van der Waals surface area contributed by atoms with E-state index in [-0.39, 0.29) is 0 Å². The Morgan fingerprint density at radius 2 is 1.95 bits per heavy atom. The highest BCUT2D eigenvalue weighted by molar-refractivity contribution is 7.12. The normalized spacial score (nSPS) is 11.7. The number of aryl methyl sites for hydroxylation is 1. The molecule has 0 radical (unpaired) electrons. The summed E-state index contributed by atoms with van der Waals surface area (Å²) in [5, 5.41) is 3.48. The molecular formula is C15H29N3S. The molecule has 1 N–H and O–H groups in total. The highest BCUT2D eigenvalue weighted by atomic mass is 32.1. The number of rotatable bonds is 9. The monoisotopic (exact) mass is 283 g/mol. The van der Waals surface area contributed by atoms with Crippen molar-refractivity contribution in [3.8, 4) is 0 Å². The van der Waals surface area contributed by atoms with Crippen LogP contribution in [0.1, 0.15) is 28.7 Å². The van der Waals surface area contributed by atoms with Crippen LogP contribution in [0, 0.1) is 6.92 Å². The predicted octanol–water partition coefficient (Wildman–Crippen LogP) is 2.55. The second-order valence-corrected chi connectivity index (χ2v) is 6.85. The van der Waals surface area contributed by atoms with E-state index >= 15 is 0 Å². The van der Waals surface area contributed by atoms with Crippen LogP contribution in [0.15, 0.2) is 6.07 Å². The number of hydrogen-bond acceptors (Lipinski definition) is 4. The van der Waals surface area contributed by atoms with Gasteiger partial charge in [-0.05, 0) is 52.7 Å². The van der Waals surface area contributed by atoms with Gasteiger partial charge in [-0.2, -0.15) is 0 Å². The van der Waals surface area contributed by atoms with Crippen molar-refractivity contribution < 1.29 is 0 Å². The van der Waals surface area contributed by atoms with Gasteiger partial charge in [0.1, 0.15) is 0 Å². The van der Waals surface area contributed by atoms with Crippen LogP contribution in [0.25, 0.3) is 0 Å². The van der Waals surface area contributed by atoms with Crippen LogP contribution in [-0.4, -0.2) is 50.6 Å². The van der Waals surface area contributed by atoms with E-state index in [2.05, 4.69) is 56.2 Å². The summed E-state index contributed by atoms with van der Waals surface area (Å²) in [6.45, 7) is 9.86. The molecule has 0 atom stereocenters. The van der Waals surface area contributed by atoms with Crippen LogP contribution in [0.3, 0.4) is 0 Å². The van der Waals surface area contributed by atoms with Crippen LogP contribution in [0.4, 0.5) is 0 Å². The zero-order chi connectivity index (χ0) is 14.3. The summed E-state index contributed by atoms with van der Waals surface area (Å²) in [5.74, 6) is 0. The topological polar surface area (TPSA) is 18.5 Å². The standard InChI is InChI=1S/C15H29N3S/c1-6-7-16-11-15-10-14(13(2)19-15)12-18(5)9-8-17(3)4/h10,16H,6-9,11-12H2,1-5H3. The maximum Gasteiger partial charge on any atom is 0.0299 e. The first-order valence-corrected chi connectivity index (χ1v) is 7.96. The lowest BCUT2D eigenvalue weighted by molar-refractivity contribution is 0.276. The molecule has 1 aromatic rings. The lowest BCUT2D eigenvalue weighted by Gasteiger charge is -2.19. The van der Waals surface area contributed by atoms with Crippen molar-refractivity contribution >= 4 is 11.3 Å². The van der Waals surface area contributed by atoms with Gasteiger partial charge < -0.3 is 15.1 Å². The van der Waals surface area contributed by atoms with E-state index in [0.29, 0.717) is 0 Å². The van der Waals surface area contributed by atoms with E-state index in [1.54, 1.807) is 0 Å². The molecule has 4 heteroatoms. The number of hydrogen-bond donors (Lipinski definition) is 1. The molecule has 0 aliphatic rings. The number of thiophene rings is 1. The molecule has 19 heavy (non-hydrogen) atoms. The zero-order valence-corrected chi connectivity index (χ0v) is 13.9. The van der Waals surface area contributed by atoms with Gasteiger partial charge in [-0.25, -0.2) is 0 Å². The van der Waals surface area contributed by atoms with Crippen LogP contribution < -0.4 is 5.32 Å². The Balaban J connectivity index is 2.44. The summed E-state index contributed by atoms with van der Waals surface area (Å²) in [6, 6.07) is 2.37. The number of likely N-dealkylation sites (N-methyl/N-ethyl adjacent to an activating group) is 2. The third-order valence-corrected chi connectivity index (χ3v) is 4.26. The first kappa shape index (κ1) is 16.6. The van der Waals surface area contributed by atoms with Crippen molar-refractivity contribution in [3.63, 3.8) is 0 Å². The number of nitrogens with zero attached hydrogens (tertiary/aromatic N) is 2. The molecule has 0 unspecified atom stereocenters. The maximum atomic E-state index is 3.48. The molecule has 1 rings (SSSR count). The van der Waals surface area contributed by atoms with Crippen molar-refractivity contribution in [3.05, 3.63) is 21.4 Å². The molecule has 1 heterocycles. The molecule has 0 aliphatic carbocycles. The van der Waals surface area contributed by atoms with Gasteiger partial charge in [-0.1, -0.05) is 6.92 Å². The minimum atomic E-state index is 1.01. The van der Waals surface area contributed by atoms with Crippen molar-refractivity contribution in [2.45, 2.75) is 33.4 Å². The zero-order valence-electron chi connectivity index (χ0n) is 13.1.